The Balaban J connectivity index is 1.80. The maximum Gasteiger partial charge on any atom is 0.158 e. The van der Waals surface area contributed by atoms with Crippen LogP contribution in [-0.2, 0) is 6.42 Å². The van der Waals surface area contributed by atoms with Gasteiger partial charge in [-0.1, -0.05) is 29.3 Å². The highest BCUT2D eigenvalue weighted by Gasteiger charge is 2.01. The quantitative estimate of drug-likeness (QED) is 0.856. The van der Waals surface area contributed by atoms with E-state index in [0.29, 0.717) is 21.6 Å². The molecule has 0 aliphatic heterocycles. The first-order chi connectivity index (χ1) is 9.69. The van der Waals surface area contributed by atoms with Crippen LogP contribution in [0, 0.1) is 11.3 Å². The third kappa shape index (κ3) is 4.09. The van der Waals surface area contributed by atoms with E-state index in [2.05, 4.69) is 15.3 Å². The van der Waals surface area contributed by atoms with E-state index in [1.807, 2.05) is 18.2 Å². The van der Waals surface area contributed by atoms with Gasteiger partial charge in [0.15, 0.2) is 5.69 Å². The summed E-state index contributed by atoms with van der Waals surface area (Å²) in [5.41, 5.74) is 1.38. The number of aryl methyl sites for hydroxylation is 1. The van der Waals surface area contributed by atoms with Crippen molar-refractivity contribution in [2.75, 3.05) is 11.9 Å². The fourth-order valence-electron chi connectivity index (χ4n) is 1.70. The van der Waals surface area contributed by atoms with E-state index in [9.17, 15) is 0 Å². The third-order valence-corrected chi connectivity index (χ3v) is 3.30. The van der Waals surface area contributed by atoms with Gasteiger partial charge in [-0.2, -0.15) is 5.26 Å². The molecule has 6 heteroatoms. The molecule has 0 saturated carbocycles. The van der Waals surface area contributed by atoms with Crippen molar-refractivity contribution in [1.29, 1.82) is 5.26 Å². The van der Waals surface area contributed by atoms with Gasteiger partial charge in [0, 0.05) is 16.6 Å². The van der Waals surface area contributed by atoms with Crippen molar-refractivity contribution < 1.29 is 0 Å². The molecular formula is C14H12Cl2N4. The first kappa shape index (κ1) is 14.6. The minimum Gasteiger partial charge on any atom is -0.369 e. The molecule has 0 amide bonds. The average Bonchev–Trinajstić information content (AvgIpc) is 2.46. The molecule has 0 aliphatic rings. The molecule has 1 heterocycles. The fourth-order valence-corrected chi connectivity index (χ4v) is 2.20. The van der Waals surface area contributed by atoms with Gasteiger partial charge in [-0.25, -0.2) is 9.97 Å². The minimum atomic E-state index is 0.309. The number of aromatic nitrogens is 2. The van der Waals surface area contributed by atoms with Gasteiger partial charge >= 0.3 is 0 Å². The van der Waals surface area contributed by atoms with E-state index in [4.69, 9.17) is 28.5 Å². The second kappa shape index (κ2) is 7.09. The van der Waals surface area contributed by atoms with Crippen LogP contribution in [0.15, 0.2) is 30.6 Å². The third-order valence-electron chi connectivity index (χ3n) is 2.71. The molecule has 0 unspecified atom stereocenters. The summed E-state index contributed by atoms with van der Waals surface area (Å²) in [6.45, 7) is 0.750. The predicted octanol–water partition coefficient (Wildman–Crippen LogP) is 3.70. The predicted molar refractivity (Wildman–Crippen MR) is 80.0 cm³/mol. The summed E-state index contributed by atoms with van der Waals surface area (Å²) >= 11 is 11.9. The molecule has 1 aromatic carbocycles. The lowest BCUT2D eigenvalue weighted by molar-refractivity contribution is 0.857. The largest absolute Gasteiger partial charge is 0.369 e. The normalized spacial score (nSPS) is 10.1. The molecule has 0 atom stereocenters. The van der Waals surface area contributed by atoms with Gasteiger partial charge in [0.25, 0.3) is 0 Å². The number of nitriles is 1. The Morgan fingerprint density at radius 2 is 2.05 bits per heavy atom. The molecule has 0 aliphatic carbocycles. The number of hydrogen-bond donors (Lipinski definition) is 1. The number of nitrogens with one attached hydrogen (secondary N) is 1. The Kier molecular flexibility index (Phi) is 5.16. The van der Waals surface area contributed by atoms with Crippen molar-refractivity contribution in [3.05, 3.63) is 51.9 Å². The van der Waals surface area contributed by atoms with Gasteiger partial charge in [-0.05, 0) is 30.5 Å². The van der Waals surface area contributed by atoms with Crippen LogP contribution in [0.5, 0.6) is 0 Å². The van der Waals surface area contributed by atoms with E-state index in [0.717, 1.165) is 24.9 Å². The maximum absolute atomic E-state index is 8.62. The van der Waals surface area contributed by atoms with Gasteiger partial charge in [-0.3, -0.25) is 0 Å². The molecule has 4 nitrogen and oxygen atoms in total. The summed E-state index contributed by atoms with van der Waals surface area (Å²) in [6.07, 6.45) is 4.75. The zero-order valence-corrected chi connectivity index (χ0v) is 12.1. The highest BCUT2D eigenvalue weighted by Crippen LogP contribution is 2.21. The van der Waals surface area contributed by atoms with E-state index in [1.54, 1.807) is 12.3 Å². The number of anilines is 1. The van der Waals surface area contributed by atoms with Crippen LogP contribution in [-0.4, -0.2) is 16.5 Å². The number of rotatable bonds is 5. The molecule has 2 aromatic rings. The summed E-state index contributed by atoms with van der Waals surface area (Å²) < 4.78 is 0. The van der Waals surface area contributed by atoms with Crippen molar-refractivity contribution in [3.8, 4) is 6.07 Å². The van der Waals surface area contributed by atoms with Crippen molar-refractivity contribution in [2.45, 2.75) is 12.8 Å². The molecule has 0 spiro atoms. The van der Waals surface area contributed by atoms with Crippen molar-refractivity contribution >= 4 is 29.0 Å². The molecule has 1 N–H and O–H groups in total. The monoisotopic (exact) mass is 306 g/mol. The summed E-state index contributed by atoms with van der Waals surface area (Å²) in [7, 11) is 0. The first-order valence-corrected chi connectivity index (χ1v) is 6.84. The van der Waals surface area contributed by atoms with Gasteiger partial charge in [0.05, 0.1) is 12.4 Å². The minimum absolute atomic E-state index is 0.309. The van der Waals surface area contributed by atoms with Crippen molar-refractivity contribution in [2.24, 2.45) is 0 Å². The smallest absolute Gasteiger partial charge is 0.158 e. The number of hydrogen-bond acceptors (Lipinski definition) is 4. The Morgan fingerprint density at radius 3 is 2.70 bits per heavy atom. The lowest BCUT2D eigenvalue weighted by Gasteiger charge is -2.06. The van der Waals surface area contributed by atoms with Crippen LogP contribution in [0.2, 0.25) is 10.0 Å². The number of nitrogens with zero attached hydrogens (tertiary/aromatic N) is 3. The van der Waals surface area contributed by atoms with E-state index >= 15 is 0 Å². The van der Waals surface area contributed by atoms with Crippen molar-refractivity contribution in [1.82, 2.24) is 9.97 Å². The highest BCUT2D eigenvalue weighted by atomic mass is 35.5. The van der Waals surface area contributed by atoms with Crippen LogP contribution in [0.1, 0.15) is 17.7 Å². The summed E-state index contributed by atoms with van der Waals surface area (Å²) in [4.78, 5) is 8.02. The zero-order chi connectivity index (χ0) is 14.4. The summed E-state index contributed by atoms with van der Waals surface area (Å²) in [6, 6.07) is 7.45. The molecule has 20 heavy (non-hydrogen) atoms. The van der Waals surface area contributed by atoms with Gasteiger partial charge in [-0.15, -0.1) is 0 Å². The van der Waals surface area contributed by atoms with Crippen LogP contribution in [0.25, 0.3) is 0 Å². The lowest BCUT2D eigenvalue weighted by atomic mass is 10.1. The van der Waals surface area contributed by atoms with Crippen LogP contribution < -0.4 is 5.32 Å². The molecular weight excluding hydrogens is 295 g/mol. The lowest BCUT2D eigenvalue weighted by Crippen LogP contribution is -2.05. The second-order valence-electron chi connectivity index (χ2n) is 4.16. The zero-order valence-electron chi connectivity index (χ0n) is 10.6. The Hall–Kier alpha value is -1.83. The Labute approximate surface area is 127 Å². The number of halogens is 2. The average molecular weight is 307 g/mol. The van der Waals surface area contributed by atoms with Crippen LogP contribution >= 0.6 is 23.2 Å². The van der Waals surface area contributed by atoms with Gasteiger partial charge in [0.2, 0.25) is 0 Å². The standard InChI is InChI=1S/C14H12Cl2N4/c15-11-4-3-10(13(16)6-11)2-1-5-18-14-9-19-12(7-17)8-20-14/h3-4,6,8-9H,1-2,5H2,(H,18,20). The summed E-state index contributed by atoms with van der Waals surface area (Å²) in [5, 5.41) is 13.1. The van der Waals surface area contributed by atoms with Crippen LogP contribution in [0.4, 0.5) is 5.82 Å². The second-order valence-corrected chi connectivity index (χ2v) is 5.01. The van der Waals surface area contributed by atoms with Crippen LogP contribution in [0.3, 0.4) is 0 Å². The van der Waals surface area contributed by atoms with E-state index in [1.165, 1.54) is 6.20 Å². The SMILES string of the molecule is N#Cc1cnc(NCCCc2ccc(Cl)cc2Cl)cn1. The summed E-state index contributed by atoms with van der Waals surface area (Å²) in [5.74, 6) is 0.659. The molecule has 0 fully saturated rings. The first-order valence-electron chi connectivity index (χ1n) is 6.09. The van der Waals surface area contributed by atoms with Gasteiger partial charge < -0.3 is 5.32 Å². The Morgan fingerprint density at radius 1 is 1.20 bits per heavy atom. The van der Waals surface area contributed by atoms with E-state index in [-0.39, 0.29) is 0 Å². The molecule has 102 valence electrons. The molecule has 1 aromatic heterocycles. The Bertz CT molecular complexity index is 620. The van der Waals surface area contributed by atoms with Gasteiger partial charge in [0.1, 0.15) is 11.9 Å². The molecule has 0 bridgehead atoms. The molecule has 0 saturated heterocycles. The number of benzene rings is 1. The maximum atomic E-state index is 8.62. The molecule has 2 rings (SSSR count). The van der Waals surface area contributed by atoms with E-state index < -0.39 is 0 Å². The highest BCUT2D eigenvalue weighted by molar-refractivity contribution is 6.35. The fraction of sp³-hybridized carbons (Fsp3) is 0.214. The topological polar surface area (TPSA) is 61.6 Å². The molecule has 0 radical (unpaired) electrons. The van der Waals surface area contributed by atoms with Crippen molar-refractivity contribution in [3.63, 3.8) is 0 Å².